The van der Waals surface area contributed by atoms with Gasteiger partial charge in [-0.3, -0.25) is 0 Å². The van der Waals surface area contributed by atoms with Crippen molar-refractivity contribution in [1.29, 1.82) is 0 Å². The number of fused-ring (bicyclic) bond motifs is 8. The second-order valence-corrected chi connectivity index (χ2v) is 14.4. The van der Waals surface area contributed by atoms with Crippen LogP contribution < -0.4 is 4.90 Å². The van der Waals surface area contributed by atoms with Gasteiger partial charge in [0.15, 0.2) is 5.58 Å². The van der Waals surface area contributed by atoms with E-state index in [2.05, 4.69) is 217 Å². The molecule has 10 aromatic rings. The number of benzene rings is 9. The summed E-state index contributed by atoms with van der Waals surface area (Å²) in [5, 5.41) is 4.62. The van der Waals surface area contributed by atoms with E-state index in [4.69, 9.17) is 4.42 Å². The van der Waals surface area contributed by atoms with Crippen LogP contribution >= 0.6 is 0 Å². The van der Waals surface area contributed by atoms with Crippen LogP contribution in [0.3, 0.4) is 0 Å². The molecule has 11 rings (SSSR count). The maximum absolute atomic E-state index is 7.12. The first-order chi connectivity index (χ1) is 27.3. The largest absolute Gasteiger partial charge is 0.453 e. The lowest BCUT2D eigenvalue weighted by Crippen LogP contribution is -2.28. The number of rotatable bonds is 6. The lowest BCUT2D eigenvalue weighted by Gasteiger charge is -2.34. The number of hydrogen-bond acceptors (Lipinski definition) is 2. The minimum absolute atomic E-state index is 0.460. The predicted molar refractivity (Wildman–Crippen MR) is 229 cm³/mol. The van der Waals surface area contributed by atoms with Crippen molar-refractivity contribution in [3.05, 3.63) is 235 Å². The standard InChI is InChI=1S/C53H35NO/c1-4-17-36(18-5-1)46-35-37-19-10-11-24-42(37)50-45-27-16-30-49(51(45)55-52(46)50)54(40-22-8-3-9-23-40)41-33-31-39(32-34-41)53(38-20-6-2-7-21-38)47-28-14-12-25-43(47)44-26-13-15-29-48(44)53/h1-35H. The molecule has 0 N–H and O–H groups in total. The van der Waals surface area contributed by atoms with Crippen LogP contribution in [0.1, 0.15) is 22.3 Å². The second-order valence-electron chi connectivity index (χ2n) is 14.4. The first-order valence-electron chi connectivity index (χ1n) is 18.9. The molecule has 0 spiro atoms. The molecule has 0 atom stereocenters. The first-order valence-corrected chi connectivity index (χ1v) is 18.9. The first kappa shape index (κ1) is 31.4. The van der Waals surface area contributed by atoms with Gasteiger partial charge in [0.2, 0.25) is 0 Å². The molecule has 258 valence electrons. The van der Waals surface area contributed by atoms with Crippen molar-refractivity contribution in [3.8, 4) is 22.3 Å². The van der Waals surface area contributed by atoms with Crippen molar-refractivity contribution in [2.45, 2.75) is 5.41 Å². The van der Waals surface area contributed by atoms with Gasteiger partial charge in [-0.2, -0.15) is 0 Å². The highest BCUT2D eigenvalue weighted by Gasteiger charge is 2.45. The van der Waals surface area contributed by atoms with Crippen LogP contribution in [-0.2, 0) is 5.41 Å². The quantitative estimate of drug-likeness (QED) is 0.172. The molecule has 0 saturated heterocycles. The van der Waals surface area contributed by atoms with Gasteiger partial charge < -0.3 is 9.32 Å². The predicted octanol–water partition coefficient (Wildman–Crippen LogP) is 14.2. The van der Waals surface area contributed by atoms with Gasteiger partial charge in [-0.1, -0.05) is 176 Å². The normalized spacial score (nSPS) is 12.9. The van der Waals surface area contributed by atoms with Crippen LogP contribution in [0.5, 0.6) is 0 Å². The summed E-state index contributed by atoms with van der Waals surface area (Å²) >= 11 is 0. The summed E-state index contributed by atoms with van der Waals surface area (Å²) in [4.78, 5) is 2.34. The molecule has 0 fully saturated rings. The molecule has 2 heteroatoms. The molecule has 1 aliphatic carbocycles. The summed E-state index contributed by atoms with van der Waals surface area (Å²) in [5.41, 5.74) is 14.3. The van der Waals surface area contributed by atoms with Crippen LogP contribution in [0.4, 0.5) is 17.1 Å². The highest BCUT2D eigenvalue weighted by Crippen LogP contribution is 2.56. The molecule has 0 unspecified atom stereocenters. The number of para-hydroxylation sites is 2. The van der Waals surface area contributed by atoms with Crippen molar-refractivity contribution in [2.24, 2.45) is 0 Å². The third-order valence-electron chi connectivity index (χ3n) is 11.5. The Labute approximate surface area is 320 Å². The van der Waals surface area contributed by atoms with E-state index in [-0.39, 0.29) is 0 Å². The molecule has 0 saturated carbocycles. The number of furan rings is 1. The average molecular weight is 702 g/mol. The van der Waals surface area contributed by atoms with Gasteiger partial charge in [-0.05, 0) is 86.1 Å². The van der Waals surface area contributed by atoms with Gasteiger partial charge in [0.1, 0.15) is 5.58 Å². The van der Waals surface area contributed by atoms with Gasteiger partial charge in [0.05, 0.1) is 11.1 Å². The van der Waals surface area contributed by atoms with E-state index in [9.17, 15) is 0 Å². The van der Waals surface area contributed by atoms with E-state index in [1.165, 1.54) is 44.2 Å². The van der Waals surface area contributed by atoms with Crippen molar-refractivity contribution < 1.29 is 4.42 Å². The smallest absolute Gasteiger partial charge is 0.159 e. The molecule has 0 amide bonds. The average Bonchev–Trinajstić information content (AvgIpc) is 3.80. The molecule has 55 heavy (non-hydrogen) atoms. The second kappa shape index (κ2) is 12.5. The van der Waals surface area contributed by atoms with Gasteiger partial charge in [0, 0.05) is 27.7 Å². The Morgan fingerprint density at radius 3 is 1.64 bits per heavy atom. The molecule has 0 radical (unpaired) electrons. The van der Waals surface area contributed by atoms with Gasteiger partial charge in [0.25, 0.3) is 0 Å². The molecular formula is C53H35NO. The summed E-state index contributed by atoms with van der Waals surface area (Å²) in [6, 6.07) is 76.7. The van der Waals surface area contributed by atoms with Crippen molar-refractivity contribution in [1.82, 2.24) is 0 Å². The number of anilines is 3. The Balaban J connectivity index is 1.14. The van der Waals surface area contributed by atoms with Gasteiger partial charge in [-0.25, -0.2) is 0 Å². The molecule has 1 heterocycles. The van der Waals surface area contributed by atoms with Crippen LogP contribution in [-0.4, -0.2) is 0 Å². The van der Waals surface area contributed by atoms with Crippen LogP contribution in [0, 0.1) is 0 Å². The highest BCUT2D eigenvalue weighted by molar-refractivity contribution is 6.24. The maximum atomic E-state index is 7.12. The zero-order chi connectivity index (χ0) is 36.3. The molecule has 1 aliphatic rings. The summed E-state index contributed by atoms with van der Waals surface area (Å²) < 4.78 is 7.12. The zero-order valence-electron chi connectivity index (χ0n) is 30.1. The van der Waals surface area contributed by atoms with Crippen LogP contribution in [0.15, 0.2) is 217 Å². The third-order valence-corrected chi connectivity index (χ3v) is 11.5. The fourth-order valence-corrected chi connectivity index (χ4v) is 9.22. The Morgan fingerprint density at radius 2 is 0.927 bits per heavy atom. The number of hydrogen-bond donors (Lipinski definition) is 0. The monoisotopic (exact) mass is 701 g/mol. The molecular weight excluding hydrogens is 667 g/mol. The SMILES string of the molecule is c1ccc(-c2cc3ccccc3c3c2oc2c(N(c4ccccc4)c4ccc(C5(c6ccccc6)c6ccccc6-c6ccccc65)cc4)cccc23)cc1. The van der Waals surface area contributed by atoms with E-state index in [1.807, 2.05) is 0 Å². The summed E-state index contributed by atoms with van der Waals surface area (Å²) in [7, 11) is 0. The minimum Gasteiger partial charge on any atom is -0.453 e. The van der Waals surface area contributed by atoms with E-state index in [1.54, 1.807) is 0 Å². The molecule has 0 aliphatic heterocycles. The summed E-state index contributed by atoms with van der Waals surface area (Å²) in [5.74, 6) is 0. The van der Waals surface area contributed by atoms with E-state index in [0.717, 1.165) is 50.1 Å². The van der Waals surface area contributed by atoms with Crippen molar-refractivity contribution in [2.75, 3.05) is 4.90 Å². The minimum atomic E-state index is -0.460. The summed E-state index contributed by atoms with van der Waals surface area (Å²) in [6.45, 7) is 0. The van der Waals surface area contributed by atoms with Crippen LogP contribution in [0.25, 0.3) is 55.0 Å². The van der Waals surface area contributed by atoms with Crippen molar-refractivity contribution >= 4 is 49.8 Å². The van der Waals surface area contributed by atoms with E-state index < -0.39 is 5.41 Å². The Bertz CT molecular complexity index is 2970. The lowest BCUT2D eigenvalue weighted by molar-refractivity contribution is 0.670. The Kier molecular flexibility index (Phi) is 7.11. The molecule has 1 aromatic heterocycles. The summed E-state index contributed by atoms with van der Waals surface area (Å²) in [6.07, 6.45) is 0. The molecule has 9 aromatic carbocycles. The highest BCUT2D eigenvalue weighted by atomic mass is 16.3. The van der Waals surface area contributed by atoms with Gasteiger partial charge >= 0.3 is 0 Å². The topological polar surface area (TPSA) is 16.4 Å². The molecule has 0 bridgehead atoms. The van der Waals surface area contributed by atoms with Gasteiger partial charge in [-0.15, -0.1) is 0 Å². The maximum Gasteiger partial charge on any atom is 0.159 e. The van der Waals surface area contributed by atoms with E-state index in [0.29, 0.717) is 0 Å². The fourth-order valence-electron chi connectivity index (χ4n) is 9.22. The Morgan fingerprint density at radius 1 is 0.382 bits per heavy atom. The van der Waals surface area contributed by atoms with E-state index >= 15 is 0 Å². The number of nitrogens with zero attached hydrogens (tertiary/aromatic N) is 1. The van der Waals surface area contributed by atoms with Crippen molar-refractivity contribution in [3.63, 3.8) is 0 Å². The van der Waals surface area contributed by atoms with Crippen LogP contribution in [0.2, 0.25) is 0 Å². The third kappa shape index (κ3) is 4.68. The fraction of sp³-hybridized carbons (Fsp3) is 0.0189. The Hall–Kier alpha value is -7.16. The lowest BCUT2D eigenvalue weighted by atomic mass is 9.68. The molecule has 2 nitrogen and oxygen atoms in total. The zero-order valence-corrected chi connectivity index (χ0v) is 30.1.